The maximum absolute atomic E-state index is 11.5. The van der Waals surface area contributed by atoms with Gasteiger partial charge in [-0.05, 0) is 47.2 Å². The van der Waals surface area contributed by atoms with E-state index in [9.17, 15) is 9.59 Å². The number of rotatable bonds is 7. The summed E-state index contributed by atoms with van der Waals surface area (Å²) in [6.45, 7) is 0. The highest BCUT2D eigenvalue weighted by molar-refractivity contribution is 8.76. The molecule has 2 N–H and O–H groups in total. The fourth-order valence-corrected chi connectivity index (χ4v) is 3.37. The number of nitrogens with zero attached hydrogens (tertiary/aromatic N) is 1. The minimum atomic E-state index is -0.978. The first-order chi connectivity index (χ1) is 10.6. The molecule has 0 aliphatic carbocycles. The van der Waals surface area contributed by atoms with Crippen LogP contribution >= 0.6 is 21.6 Å². The minimum absolute atomic E-state index is 0.0264. The Morgan fingerprint density at radius 2 is 1.82 bits per heavy atom. The number of nitrogens with one attached hydrogen (secondary N) is 1. The lowest BCUT2D eigenvalue weighted by Crippen LogP contribution is -2.12. The number of hydrogen-bond acceptors (Lipinski definition) is 5. The summed E-state index contributed by atoms with van der Waals surface area (Å²) in [7, 11) is 3.14. The van der Waals surface area contributed by atoms with Gasteiger partial charge in [-0.15, -0.1) is 0 Å². The van der Waals surface area contributed by atoms with E-state index < -0.39 is 5.97 Å². The SMILES string of the molecule is O=C(O)CCC(=O)Nc1ccc(SSc2ccccn2)cc1. The molecule has 7 heteroatoms. The van der Waals surface area contributed by atoms with Crippen molar-refractivity contribution in [2.24, 2.45) is 0 Å². The topological polar surface area (TPSA) is 79.3 Å². The Balaban J connectivity index is 1.82. The average Bonchev–Trinajstić information content (AvgIpc) is 2.53. The third-order valence-corrected chi connectivity index (χ3v) is 4.86. The maximum atomic E-state index is 11.5. The van der Waals surface area contributed by atoms with Gasteiger partial charge in [0.2, 0.25) is 5.91 Å². The molecule has 22 heavy (non-hydrogen) atoms. The number of hydrogen-bond donors (Lipinski definition) is 2. The van der Waals surface area contributed by atoms with Crippen LogP contribution in [0.2, 0.25) is 0 Å². The molecule has 1 aromatic heterocycles. The molecule has 1 heterocycles. The molecule has 5 nitrogen and oxygen atoms in total. The van der Waals surface area contributed by atoms with Gasteiger partial charge in [0.1, 0.15) is 5.03 Å². The van der Waals surface area contributed by atoms with Crippen molar-refractivity contribution in [3.05, 3.63) is 48.7 Å². The molecule has 1 amide bonds. The summed E-state index contributed by atoms with van der Waals surface area (Å²) in [5.41, 5.74) is 0.655. The highest BCUT2D eigenvalue weighted by atomic mass is 33.1. The number of carboxylic acids is 1. The van der Waals surface area contributed by atoms with Crippen molar-refractivity contribution in [3.63, 3.8) is 0 Å². The van der Waals surface area contributed by atoms with E-state index in [0.29, 0.717) is 5.69 Å². The van der Waals surface area contributed by atoms with Crippen LogP contribution in [0.5, 0.6) is 0 Å². The summed E-state index contributed by atoms with van der Waals surface area (Å²) in [5.74, 6) is -1.28. The van der Waals surface area contributed by atoms with E-state index >= 15 is 0 Å². The van der Waals surface area contributed by atoms with Gasteiger partial charge in [-0.2, -0.15) is 0 Å². The summed E-state index contributed by atoms with van der Waals surface area (Å²) in [6.07, 6.45) is 1.56. The number of aromatic nitrogens is 1. The predicted octanol–water partition coefficient (Wildman–Crippen LogP) is 3.68. The van der Waals surface area contributed by atoms with Crippen LogP contribution in [0.15, 0.2) is 58.6 Å². The fourth-order valence-electron chi connectivity index (χ4n) is 1.52. The molecule has 0 saturated heterocycles. The number of carbonyl (C=O) groups is 2. The van der Waals surface area contributed by atoms with Crippen LogP contribution in [0.25, 0.3) is 0 Å². The van der Waals surface area contributed by atoms with E-state index in [0.717, 1.165) is 9.92 Å². The van der Waals surface area contributed by atoms with Crippen LogP contribution in [0.1, 0.15) is 12.8 Å². The fraction of sp³-hybridized carbons (Fsp3) is 0.133. The van der Waals surface area contributed by atoms with Crippen LogP contribution in [0, 0.1) is 0 Å². The monoisotopic (exact) mass is 334 g/mol. The number of aliphatic carboxylic acids is 1. The Hall–Kier alpha value is -1.99. The predicted molar refractivity (Wildman–Crippen MR) is 87.9 cm³/mol. The molecular formula is C15H14N2O3S2. The molecule has 0 aliphatic heterocycles. The first-order valence-corrected chi connectivity index (χ1v) is 8.66. The Morgan fingerprint density at radius 1 is 1.05 bits per heavy atom. The Morgan fingerprint density at radius 3 is 2.45 bits per heavy atom. The molecule has 0 aliphatic rings. The second-order valence-electron chi connectivity index (χ2n) is 4.30. The Kier molecular flexibility index (Phi) is 6.29. The first kappa shape index (κ1) is 16.4. The molecule has 0 radical (unpaired) electrons. The summed E-state index contributed by atoms with van der Waals surface area (Å²) in [4.78, 5) is 27.2. The molecule has 114 valence electrons. The summed E-state index contributed by atoms with van der Waals surface area (Å²) < 4.78 is 0. The summed E-state index contributed by atoms with van der Waals surface area (Å²) in [6, 6.07) is 13.1. The van der Waals surface area contributed by atoms with Gasteiger partial charge in [-0.3, -0.25) is 9.59 Å². The Bertz CT molecular complexity index is 633. The molecule has 0 fully saturated rings. The molecule has 0 atom stereocenters. The van der Waals surface area contributed by atoms with Crippen LogP contribution in [-0.2, 0) is 9.59 Å². The van der Waals surface area contributed by atoms with E-state index in [4.69, 9.17) is 5.11 Å². The van der Waals surface area contributed by atoms with Gasteiger partial charge in [0.05, 0.1) is 6.42 Å². The van der Waals surface area contributed by atoms with Crippen molar-refractivity contribution in [1.82, 2.24) is 4.98 Å². The molecule has 1 aromatic carbocycles. The lowest BCUT2D eigenvalue weighted by molar-refractivity contribution is -0.138. The zero-order chi connectivity index (χ0) is 15.8. The summed E-state index contributed by atoms with van der Waals surface area (Å²) >= 11 is 0. The van der Waals surface area contributed by atoms with Crippen molar-refractivity contribution in [3.8, 4) is 0 Å². The number of amides is 1. The second-order valence-corrected chi connectivity index (χ2v) is 6.52. The van der Waals surface area contributed by atoms with Gasteiger partial charge in [-0.1, -0.05) is 16.9 Å². The molecule has 2 aromatic rings. The van der Waals surface area contributed by atoms with Crippen molar-refractivity contribution in [2.75, 3.05) is 5.32 Å². The summed E-state index contributed by atoms with van der Waals surface area (Å²) in [5, 5.41) is 12.1. The van der Waals surface area contributed by atoms with Crippen molar-refractivity contribution in [1.29, 1.82) is 0 Å². The van der Waals surface area contributed by atoms with Gasteiger partial charge in [0.15, 0.2) is 0 Å². The smallest absolute Gasteiger partial charge is 0.303 e. The van der Waals surface area contributed by atoms with Gasteiger partial charge in [0, 0.05) is 23.2 Å². The van der Waals surface area contributed by atoms with Crippen LogP contribution < -0.4 is 5.32 Å². The highest BCUT2D eigenvalue weighted by Crippen LogP contribution is 2.36. The molecule has 0 unspecified atom stereocenters. The third-order valence-electron chi connectivity index (χ3n) is 2.57. The van der Waals surface area contributed by atoms with Crippen molar-refractivity contribution < 1.29 is 14.7 Å². The van der Waals surface area contributed by atoms with E-state index in [1.54, 1.807) is 39.9 Å². The van der Waals surface area contributed by atoms with E-state index in [-0.39, 0.29) is 18.7 Å². The van der Waals surface area contributed by atoms with E-state index in [2.05, 4.69) is 10.3 Å². The Labute approximate surface area is 135 Å². The maximum Gasteiger partial charge on any atom is 0.303 e. The molecular weight excluding hydrogens is 320 g/mol. The van der Waals surface area contributed by atoms with Crippen LogP contribution in [-0.4, -0.2) is 22.0 Å². The van der Waals surface area contributed by atoms with Gasteiger partial charge in [0.25, 0.3) is 0 Å². The van der Waals surface area contributed by atoms with E-state index in [1.165, 1.54) is 0 Å². The first-order valence-electron chi connectivity index (χ1n) is 6.51. The quantitative estimate of drug-likeness (QED) is 0.752. The molecule has 0 spiro atoms. The normalized spacial score (nSPS) is 10.2. The average molecular weight is 334 g/mol. The van der Waals surface area contributed by atoms with E-state index in [1.807, 2.05) is 30.3 Å². The third kappa shape index (κ3) is 5.79. The second kappa shape index (κ2) is 8.45. The lowest BCUT2D eigenvalue weighted by Gasteiger charge is -2.05. The molecule has 0 saturated carbocycles. The molecule has 0 bridgehead atoms. The lowest BCUT2D eigenvalue weighted by atomic mass is 10.2. The number of benzene rings is 1. The number of pyridine rings is 1. The van der Waals surface area contributed by atoms with Crippen molar-refractivity contribution >= 4 is 39.2 Å². The molecule has 2 rings (SSSR count). The number of carbonyl (C=O) groups excluding carboxylic acids is 1. The van der Waals surface area contributed by atoms with Crippen LogP contribution in [0.3, 0.4) is 0 Å². The highest BCUT2D eigenvalue weighted by Gasteiger charge is 2.06. The zero-order valence-electron chi connectivity index (χ0n) is 11.6. The minimum Gasteiger partial charge on any atom is -0.481 e. The van der Waals surface area contributed by atoms with Gasteiger partial charge < -0.3 is 10.4 Å². The zero-order valence-corrected chi connectivity index (χ0v) is 13.2. The standard InChI is InChI=1S/C15H14N2O3S2/c18-13(8-9-15(19)20)17-11-4-6-12(7-5-11)21-22-14-3-1-2-10-16-14/h1-7,10H,8-9H2,(H,17,18)(H,19,20). The van der Waals surface area contributed by atoms with Crippen LogP contribution in [0.4, 0.5) is 5.69 Å². The largest absolute Gasteiger partial charge is 0.481 e. The van der Waals surface area contributed by atoms with Crippen molar-refractivity contribution in [2.45, 2.75) is 22.8 Å². The number of carboxylic acid groups (broad SMARTS) is 1. The number of anilines is 1. The van der Waals surface area contributed by atoms with Gasteiger partial charge in [-0.25, -0.2) is 4.98 Å². The van der Waals surface area contributed by atoms with Gasteiger partial charge >= 0.3 is 5.97 Å².